The van der Waals surface area contributed by atoms with E-state index in [1.807, 2.05) is 12.1 Å². The number of para-hydroxylation sites is 1. The SMILES string of the molecule is Cl.O=C(N[C@H]1CCCNC1)c1cccc2nccnc12. The van der Waals surface area contributed by atoms with Crippen molar-refractivity contribution in [2.45, 2.75) is 18.9 Å². The molecule has 0 aliphatic carbocycles. The van der Waals surface area contributed by atoms with Crippen molar-refractivity contribution in [3.63, 3.8) is 0 Å². The molecule has 0 radical (unpaired) electrons. The normalized spacial score (nSPS) is 18.3. The lowest BCUT2D eigenvalue weighted by atomic mass is 10.1. The van der Waals surface area contributed by atoms with Crippen LogP contribution in [0.1, 0.15) is 23.2 Å². The second-order valence-corrected chi connectivity index (χ2v) is 4.75. The number of hydrogen-bond acceptors (Lipinski definition) is 4. The number of carbonyl (C=O) groups is 1. The molecule has 0 spiro atoms. The van der Waals surface area contributed by atoms with E-state index in [4.69, 9.17) is 0 Å². The first kappa shape index (κ1) is 14.7. The standard InChI is InChI=1S/C14H16N4O.ClH/c19-14(18-10-3-2-6-15-9-10)11-4-1-5-12-13(11)17-8-7-16-12;/h1,4-5,7-8,10,15H,2-3,6,9H2,(H,18,19);1H/t10-;/m0./s1. The van der Waals surface area contributed by atoms with Crippen LogP contribution >= 0.6 is 12.4 Å². The van der Waals surface area contributed by atoms with Crippen LogP contribution in [0, 0.1) is 0 Å². The van der Waals surface area contributed by atoms with Crippen LogP contribution < -0.4 is 10.6 Å². The van der Waals surface area contributed by atoms with Gasteiger partial charge in [-0.05, 0) is 31.5 Å². The minimum Gasteiger partial charge on any atom is -0.348 e. The number of nitrogens with one attached hydrogen (secondary N) is 2. The molecule has 3 rings (SSSR count). The van der Waals surface area contributed by atoms with Gasteiger partial charge in [0.25, 0.3) is 5.91 Å². The Morgan fingerprint density at radius 3 is 2.95 bits per heavy atom. The summed E-state index contributed by atoms with van der Waals surface area (Å²) in [4.78, 5) is 20.8. The third-order valence-corrected chi connectivity index (χ3v) is 3.38. The number of nitrogens with zero attached hydrogens (tertiary/aromatic N) is 2. The quantitative estimate of drug-likeness (QED) is 0.881. The Hall–Kier alpha value is -1.72. The highest BCUT2D eigenvalue weighted by Gasteiger charge is 2.18. The summed E-state index contributed by atoms with van der Waals surface area (Å²) < 4.78 is 0. The summed E-state index contributed by atoms with van der Waals surface area (Å²) in [6.45, 7) is 1.87. The first-order chi connectivity index (χ1) is 9.34. The molecule has 1 aliphatic rings. The number of aromatic nitrogens is 2. The maximum absolute atomic E-state index is 12.3. The molecule has 0 bridgehead atoms. The van der Waals surface area contributed by atoms with Gasteiger partial charge in [0.1, 0.15) is 5.52 Å². The zero-order chi connectivity index (χ0) is 13.1. The molecular weight excluding hydrogens is 276 g/mol. The van der Waals surface area contributed by atoms with Crippen molar-refractivity contribution in [1.82, 2.24) is 20.6 Å². The summed E-state index contributed by atoms with van der Waals surface area (Å²) in [7, 11) is 0. The highest BCUT2D eigenvalue weighted by Crippen LogP contribution is 2.14. The van der Waals surface area contributed by atoms with E-state index in [9.17, 15) is 4.79 Å². The molecule has 1 saturated heterocycles. The van der Waals surface area contributed by atoms with Crippen LogP contribution in [0.15, 0.2) is 30.6 Å². The maximum Gasteiger partial charge on any atom is 0.253 e. The fraction of sp³-hybridized carbons (Fsp3) is 0.357. The van der Waals surface area contributed by atoms with Crippen molar-refractivity contribution in [2.24, 2.45) is 0 Å². The lowest BCUT2D eigenvalue weighted by molar-refractivity contribution is 0.0932. The summed E-state index contributed by atoms with van der Waals surface area (Å²) in [5, 5.41) is 6.34. The Morgan fingerprint density at radius 2 is 2.15 bits per heavy atom. The summed E-state index contributed by atoms with van der Waals surface area (Å²) in [5.41, 5.74) is 2.00. The van der Waals surface area contributed by atoms with Crippen LogP contribution in [0.2, 0.25) is 0 Å². The molecule has 1 atom stereocenters. The molecule has 1 amide bonds. The number of rotatable bonds is 2. The van der Waals surface area contributed by atoms with Crippen LogP contribution in [0.25, 0.3) is 11.0 Å². The van der Waals surface area contributed by atoms with Crippen LogP contribution in [0.3, 0.4) is 0 Å². The van der Waals surface area contributed by atoms with Crippen molar-refractivity contribution >= 4 is 29.3 Å². The van der Waals surface area contributed by atoms with Crippen molar-refractivity contribution in [3.05, 3.63) is 36.2 Å². The van der Waals surface area contributed by atoms with Crippen LogP contribution in [0.4, 0.5) is 0 Å². The highest BCUT2D eigenvalue weighted by atomic mass is 35.5. The number of fused-ring (bicyclic) bond motifs is 1. The van der Waals surface area contributed by atoms with Gasteiger partial charge in [-0.15, -0.1) is 12.4 Å². The molecule has 1 aromatic heterocycles. The third-order valence-electron chi connectivity index (χ3n) is 3.38. The topological polar surface area (TPSA) is 66.9 Å². The summed E-state index contributed by atoms with van der Waals surface area (Å²) in [6, 6.07) is 5.70. The first-order valence-corrected chi connectivity index (χ1v) is 6.56. The number of amides is 1. The molecule has 106 valence electrons. The van der Waals surface area contributed by atoms with E-state index in [0.717, 1.165) is 31.4 Å². The smallest absolute Gasteiger partial charge is 0.253 e. The molecule has 1 fully saturated rings. The van der Waals surface area contributed by atoms with E-state index < -0.39 is 0 Å². The van der Waals surface area contributed by atoms with E-state index >= 15 is 0 Å². The van der Waals surface area contributed by atoms with Crippen LogP contribution in [-0.2, 0) is 0 Å². The van der Waals surface area contributed by atoms with E-state index in [0.29, 0.717) is 11.1 Å². The number of hydrogen-bond donors (Lipinski definition) is 2. The predicted molar refractivity (Wildman–Crippen MR) is 80.1 cm³/mol. The first-order valence-electron chi connectivity index (χ1n) is 6.56. The van der Waals surface area contributed by atoms with Gasteiger partial charge in [0.05, 0.1) is 11.1 Å². The van der Waals surface area contributed by atoms with Crippen molar-refractivity contribution in [2.75, 3.05) is 13.1 Å². The largest absolute Gasteiger partial charge is 0.348 e. The second-order valence-electron chi connectivity index (χ2n) is 4.75. The van der Waals surface area contributed by atoms with Crippen molar-refractivity contribution < 1.29 is 4.79 Å². The lowest BCUT2D eigenvalue weighted by Gasteiger charge is -2.23. The summed E-state index contributed by atoms with van der Waals surface area (Å²) >= 11 is 0. The zero-order valence-electron chi connectivity index (χ0n) is 11.0. The molecule has 2 heterocycles. The molecule has 20 heavy (non-hydrogen) atoms. The molecular formula is C14H17ClN4O. The van der Waals surface area contributed by atoms with Gasteiger partial charge in [-0.2, -0.15) is 0 Å². The number of carbonyl (C=O) groups excluding carboxylic acids is 1. The van der Waals surface area contributed by atoms with E-state index in [1.54, 1.807) is 18.5 Å². The average molecular weight is 293 g/mol. The monoisotopic (exact) mass is 292 g/mol. The average Bonchev–Trinajstić information content (AvgIpc) is 2.47. The molecule has 1 aromatic carbocycles. The van der Waals surface area contributed by atoms with Crippen LogP contribution in [0.5, 0.6) is 0 Å². The van der Waals surface area contributed by atoms with Crippen molar-refractivity contribution in [3.8, 4) is 0 Å². The number of piperidine rings is 1. The molecule has 0 saturated carbocycles. The van der Waals surface area contributed by atoms with E-state index in [2.05, 4.69) is 20.6 Å². The van der Waals surface area contributed by atoms with Gasteiger partial charge >= 0.3 is 0 Å². The highest BCUT2D eigenvalue weighted by molar-refractivity contribution is 6.04. The Bertz CT molecular complexity index is 593. The lowest BCUT2D eigenvalue weighted by Crippen LogP contribution is -2.45. The Kier molecular flexibility index (Phi) is 4.87. The Labute approximate surface area is 123 Å². The summed E-state index contributed by atoms with van der Waals surface area (Å²) in [5.74, 6) is -0.0696. The van der Waals surface area contributed by atoms with Gasteiger partial charge in [0.15, 0.2) is 0 Å². The third kappa shape index (κ3) is 3.05. The Morgan fingerprint density at radius 1 is 1.30 bits per heavy atom. The van der Waals surface area contributed by atoms with E-state index in [1.165, 1.54) is 0 Å². The molecule has 2 aromatic rings. The maximum atomic E-state index is 12.3. The minimum atomic E-state index is -0.0696. The molecule has 1 aliphatic heterocycles. The van der Waals surface area contributed by atoms with Crippen LogP contribution in [-0.4, -0.2) is 35.0 Å². The second kappa shape index (κ2) is 6.63. The fourth-order valence-corrected chi connectivity index (χ4v) is 2.41. The predicted octanol–water partition coefficient (Wildman–Crippen LogP) is 1.53. The van der Waals surface area contributed by atoms with Gasteiger partial charge < -0.3 is 10.6 Å². The summed E-state index contributed by atoms with van der Waals surface area (Å²) in [6.07, 6.45) is 5.37. The molecule has 2 N–H and O–H groups in total. The van der Waals surface area contributed by atoms with Gasteiger partial charge in [-0.3, -0.25) is 14.8 Å². The van der Waals surface area contributed by atoms with Crippen molar-refractivity contribution in [1.29, 1.82) is 0 Å². The van der Waals surface area contributed by atoms with Gasteiger partial charge in [0.2, 0.25) is 0 Å². The number of benzene rings is 1. The molecule has 0 unspecified atom stereocenters. The molecule has 6 heteroatoms. The number of halogens is 1. The fourth-order valence-electron chi connectivity index (χ4n) is 2.41. The Balaban J connectivity index is 0.00000147. The van der Waals surface area contributed by atoms with Gasteiger partial charge in [-0.25, -0.2) is 0 Å². The van der Waals surface area contributed by atoms with E-state index in [-0.39, 0.29) is 24.4 Å². The zero-order valence-corrected chi connectivity index (χ0v) is 11.8. The minimum absolute atomic E-state index is 0. The van der Waals surface area contributed by atoms with Gasteiger partial charge in [0, 0.05) is 25.0 Å². The molecule has 5 nitrogen and oxygen atoms in total. The van der Waals surface area contributed by atoms with Gasteiger partial charge in [-0.1, -0.05) is 6.07 Å².